The third-order valence-corrected chi connectivity index (χ3v) is 3.16. The smallest absolute Gasteiger partial charge is 0.280 e. The van der Waals surface area contributed by atoms with Crippen molar-refractivity contribution in [3.63, 3.8) is 0 Å². The monoisotopic (exact) mass is 301 g/mol. The predicted octanol–water partition coefficient (Wildman–Crippen LogP) is 0.230. The molecule has 0 amide bonds. The third-order valence-electron chi connectivity index (χ3n) is 2.35. The number of nitrogens with one attached hydrogen (secondary N) is 1. The van der Waals surface area contributed by atoms with E-state index in [1.807, 2.05) is 0 Å². The highest BCUT2D eigenvalue weighted by Gasteiger charge is 2.09. The Kier molecular flexibility index (Phi) is 4.22. The molecule has 110 valence electrons. The standard InChI is InChI=1S/C10H16N5O4P/c1-20(2,17)19-4-3-18-6-15-5-12-7-8(15)13-10(11)14-9(7)16/h5H,3-4,6H2,1-2H3,(H3,11,13,14,16). The fourth-order valence-electron chi connectivity index (χ4n) is 1.54. The lowest BCUT2D eigenvalue weighted by molar-refractivity contribution is 0.0567. The molecule has 0 aromatic carbocycles. The molecule has 0 atom stereocenters. The Hall–Kier alpha value is -1.70. The van der Waals surface area contributed by atoms with E-state index in [0.717, 1.165) is 0 Å². The van der Waals surface area contributed by atoms with Crippen molar-refractivity contribution in [2.75, 3.05) is 32.3 Å². The van der Waals surface area contributed by atoms with Gasteiger partial charge in [-0.15, -0.1) is 0 Å². The molecule has 0 saturated heterocycles. The first-order valence-corrected chi connectivity index (χ1v) is 8.36. The minimum absolute atomic E-state index is 0.0190. The van der Waals surface area contributed by atoms with E-state index in [1.165, 1.54) is 19.7 Å². The van der Waals surface area contributed by atoms with E-state index in [0.29, 0.717) is 5.65 Å². The lowest BCUT2D eigenvalue weighted by Gasteiger charge is -2.09. The first kappa shape index (κ1) is 14.7. The van der Waals surface area contributed by atoms with Gasteiger partial charge in [-0.1, -0.05) is 0 Å². The van der Waals surface area contributed by atoms with E-state index in [4.69, 9.17) is 15.0 Å². The molecular weight excluding hydrogens is 285 g/mol. The second-order valence-electron chi connectivity index (χ2n) is 4.46. The molecular formula is C10H16N5O4P. The zero-order chi connectivity index (χ0) is 14.8. The third kappa shape index (κ3) is 3.66. The predicted molar refractivity (Wildman–Crippen MR) is 73.9 cm³/mol. The van der Waals surface area contributed by atoms with Crippen molar-refractivity contribution in [3.05, 3.63) is 16.7 Å². The Morgan fingerprint density at radius 2 is 2.20 bits per heavy atom. The number of H-pyrrole nitrogens is 1. The lowest BCUT2D eigenvalue weighted by Crippen LogP contribution is -2.13. The van der Waals surface area contributed by atoms with Gasteiger partial charge in [0, 0.05) is 13.3 Å². The van der Waals surface area contributed by atoms with Gasteiger partial charge in [-0.25, -0.2) is 4.98 Å². The number of aromatic nitrogens is 4. The number of fused-ring (bicyclic) bond motifs is 1. The van der Waals surface area contributed by atoms with Crippen LogP contribution in [-0.2, 0) is 20.6 Å². The number of rotatable bonds is 6. The molecule has 9 nitrogen and oxygen atoms in total. The van der Waals surface area contributed by atoms with Gasteiger partial charge in [0.2, 0.25) is 5.95 Å². The van der Waals surface area contributed by atoms with Crippen LogP contribution in [0.15, 0.2) is 11.1 Å². The Balaban J connectivity index is 1.97. The zero-order valence-corrected chi connectivity index (χ0v) is 12.1. The van der Waals surface area contributed by atoms with Crippen LogP contribution in [-0.4, -0.2) is 46.1 Å². The van der Waals surface area contributed by atoms with Crippen LogP contribution in [0.2, 0.25) is 0 Å². The Morgan fingerprint density at radius 3 is 2.90 bits per heavy atom. The van der Waals surface area contributed by atoms with Crippen molar-refractivity contribution in [1.82, 2.24) is 19.5 Å². The van der Waals surface area contributed by atoms with Crippen LogP contribution in [0.1, 0.15) is 0 Å². The number of imidazole rings is 1. The van der Waals surface area contributed by atoms with Crippen molar-refractivity contribution < 1.29 is 13.8 Å². The number of anilines is 1. The lowest BCUT2D eigenvalue weighted by atomic mass is 10.5. The zero-order valence-electron chi connectivity index (χ0n) is 11.2. The summed E-state index contributed by atoms with van der Waals surface area (Å²) < 4.78 is 23.3. The average molecular weight is 301 g/mol. The Morgan fingerprint density at radius 1 is 1.45 bits per heavy atom. The Labute approximate surface area is 114 Å². The summed E-state index contributed by atoms with van der Waals surface area (Å²) >= 11 is 0. The normalized spacial score (nSPS) is 12.1. The molecule has 3 N–H and O–H groups in total. The molecule has 0 radical (unpaired) electrons. The number of nitrogens with zero attached hydrogens (tertiary/aromatic N) is 3. The molecule has 0 aliphatic heterocycles. The highest BCUT2D eigenvalue weighted by atomic mass is 31.2. The van der Waals surface area contributed by atoms with E-state index < -0.39 is 12.9 Å². The van der Waals surface area contributed by atoms with Crippen molar-refractivity contribution in [1.29, 1.82) is 0 Å². The molecule has 0 bridgehead atoms. The molecule has 0 aliphatic rings. The van der Waals surface area contributed by atoms with Gasteiger partial charge in [-0.2, -0.15) is 4.98 Å². The molecule has 2 heterocycles. The van der Waals surface area contributed by atoms with E-state index >= 15 is 0 Å². The summed E-state index contributed by atoms with van der Waals surface area (Å²) in [4.78, 5) is 21.9. The summed E-state index contributed by atoms with van der Waals surface area (Å²) in [5, 5.41) is 0. The first-order valence-electron chi connectivity index (χ1n) is 5.85. The van der Waals surface area contributed by atoms with Gasteiger partial charge in [0.1, 0.15) is 6.73 Å². The maximum atomic E-state index is 11.6. The number of nitrogen functional groups attached to an aromatic ring is 1. The number of hydrogen-bond donors (Lipinski definition) is 2. The molecule has 10 heteroatoms. The van der Waals surface area contributed by atoms with Crippen molar-refractivity contribution in [2.45, 2.75) is 6.73 Å². The van der Waals surface area contributed by atoms with Crippen LogP contribution in [0.25, 0.3) is 11.2 Å². The fraction of sp³-hybridized carbons (Fsp3) is 0.500. The largest absolute Gasteiger partial charge is 0.369 e. The van der Waals surface area contributed by atoms with E-state index in [1.54, 1.807) is 4.57 Å². The maximum absolute atomic E-state index is 11.6. The molecule has 0 fully saturated rings. The number of ether oxygens (including phenoxy) is 1. The van der Waals surface area contributed by atoms with Crippen molar-refractivity contribution in [2.24, 2.45) is 0 Å². The average Bonchev–Trinajstić information content (AvgIpc) is 2.70. The molecule has 0 aliphatic carbocycles. The van der Waals surface area contributed by atoms with Gasteiger partial charge < -0.3 is 15.0 Å². The number of hydrogen-bond acceptors (Lipinski definition) is 7. The summed E-state index contributed by atoms with van der Waals surface area (Å²) in [6.07, 6.45) is 1.44. The maximum Gasteiger partial charge on any atom is 0.280 e. The van der Waals surface area contributed by atoms with Gasteiger partial charge in [-0.05, 0) is 0 Å². The number of nitrogens with two attached hydrogens (primary N) is 1. The molecule has 2 aromatic heterocycles. The second kappa shape index (κ2) is 5.74. The van der Waals surface area contributed by atoms with Crippen LogP contribution in [0.5, 0.6) is 0 Å². The molecule has 2 aromatic rings. The van der Waals surface area contributed by atoms with Gasteiger partial charge in [0.05, 0.1) is 19.5 Å². The summed E-state index contributed by atoms with van der Waals surface area (Å²) in [5.74, 6) is 0.0190. The van der Waals surface area contributed by atoms with Crippen molar-refractivity contribution in [3.8, 4) is 0 Å². The molecule has 20 heavy (non-hydrogen) atoms. The summed E-state index contributed by atoms with van der Waals surface area (Å²) in [5.41, 5.74) is 5.63. The minimum Gasteiger partial charge on any atom is -0.369 e. The van der Waals surface area contributed by atoms with Crippen molar-refractivity contribution >= 4 is 24.5 Å². The van der Waals surface area contributed by atoms with E-state index in [-0.39, 0.29) is 31.4 Å². The van der Waals surface area contributed by atoms with Crippen LogP contribution in [0.3, 0.4) is 0 Å². The Bertz CT molecular complexity index is 703. The summed E-state index contributed by atoms with van der Waals surface area (Å²) in [6, 6.07) is 0. The molecule has 0 saturated carbocycles. The molecule has 0 unspecified atom stereocenters. The number of aromatic amines is 1. The van der Waals surface area contributed by atoms with E-state index in [2.05, 4.69) is 15.0 Å². The molecule has 2 rings (SSSR count). The summed E-state index contributed by atoms with van der Waals surface area (Å²) in [7, 11) is -2.49. The van der Waals surface area contributed by atoms with Crippen LogP contribution < -0.4 is 11.3 Å². The fourth-order valence-corrected chi connectivity index (χ4v) is 2.06. The first-order chi connectivity index (χ1) is 9.37. The van der Waals surface area contributed by atoms with Crippen LogP contribution in [0, 0.1) is 0 Å². The second-order valence-corrected chi connectivity index (χ2v) is 7.22. The highest BCUT2D eigenvalue weighted by Crippen LogP contribution is 2.36. The molecule has 0 spiro atoms. The van der Waals surface area contributed by atoms with E-state index in [9.17, 15) is 9.36 Å². The summed E-state index contributed by atoms with van der Waals surface area (Å²) in [6.45, 7) is 3.72. The van der Waals surface area contributed by atoms with Gasteiger partial charge >= 0.3 is 0 Å². The van der Waals surface area contributed by atoms with Gasteiger partial charge in [0.25, 0.3) is 5.56 Å². The minimum atomic E-state index is -2.49. The van der Waals surface area contributed by atoms with Gasteiger partial charge in [-0.3, -0.25) is 18.9 Å². The quantitative estimate of drug-likeness (QED) is 0.577. The van der Waals surface area contributed by atoms with Crippen LogP contribution in [0.4, 0.5) is 5.95 Å². The van der Waals surface area contributed by atoms with Gasteiger partial charge in [0.15, 0.2) is 18.5 Å². The topological polar surface area (TPSA) is 125 Å². The SMILES string of the molecule is CP(C)(=O)OCCOCn1cnc2c(=O)[nH]c(N)nc21. The highest BCUT2D eigenvalue weighted by molar-refractivity contribution is 7.57. The van der Waals surface area contributed by atoms with Crippen LogP contribution >= 0.6 is 7.37 Å².